The van der Waals surface area contributed by atoms with E-state index < -0.39 is 0 Å². The van der Waals surface area contributed by atoms with E-state index in [-0.39, 0.29) is 36.1 Å². The summed E-state index contributed by atoms with van der Waals surface area (Å²) in [4.78, 5) is 27.0. The van der Waals surface area contributed by atoms with Gasteiger partial charge in [-0.3, -0.25) is 0 Å². The Labute approximate surface area is 414 Å². The Morgan fingerprint density at radius 2 is 0.361 bits per heavy atom. The maximum absolute atomic E-state index is 6.25. The first-order valence-electron chi connectivity index (χ1n) is 22.9. The molecule has 72 heavy (non-hydrogen) atoms. The molecule has 2 aromatic heterocycles. The Morgan fingerprint density at radius 1 is 0.167 bits per heavy atom. The Balaban J connectivity index is 0.857. The van der Waals surface area contributed by atoms with Gasteiger partial charge in [0.25, 0.3) is 0 Å². The van der Waals surface area contributed by atoms with Crippen molar-refractivity contribution in [2.24, 2.45) is 0 Å². The van der Waals surface area contributed by atoms with Crippen molar-refractivity contribution in [1.82, 2.24) is 29.9 Å². The highest BCUT2D eigenvalue weighted by Gasteiger charge is 2.17. The molecule has 0 radical (unpaired) electrons. The van der Waals surface area contributed by atoms with Crippen molar-refractivity contribution in [3.63, 3.8) is 0 Å². The highest BCUT2D eigenvalue weighted by Crippen LogP contribution is 2.34. The van der Waals surface area contributed by atoms with Gasteiger partial charge < -0.3 is 28.4 Å². The number of hydrogen-bond donors (Lipinski definition) is 0. The zero-order chi connectivity index (χ0) is 48.3. The average molecular weight is 941 g/mol. The quantitative estimate of drug-likeness (QED) is 0.0913. The fraction of sp³-hybridized carbons (Fsp3) is 0. The molecule has 0 aliphatic carbocycles. The van der Waals surface area contributed by atoms with Gasteiger partial charge in [0.15, 0.2) is 0 Å². The van der Waals surface area contributed by atoms with Gasteiger partial charge >= 0.3 is 36.1 Å². The summed E-state index contributed by atoms with van der Waals surface area (Å²) < 4.78 is 37.2. The maximum atomic E-state index is 6.25. The van der Waals surface area contributed by atoms with Crippen LogP contribution in [0.3, 0.4) is 0 Å². The molecular weight excluding hydrogens is 901 g/mol. The molecule has 346 valence electrons. The van der Waals surface area contributed by atoms with Crippen LogP contribution >= 0.6 is 0 Å². The molecule has 12 nitrogen and oxygen atoms in total. The molecule has 0 saturated carbocycles. The zero-order valence-electron chi connectivity index (χ0n) is 38.2. The third-order valence-corrected chi connectivity index (χ3v) is 11.1. The van der Waals surface area contributed by atoms with Gasteiger partial charge in [-0.25, -0.2) is 0 Å². The highest BCUT2D eigenvalue weighted by molar-refractivity contribution is 5.67. The summed E-state index contributed by atoms with van der Waals surface area (Å²) in [6.07, 6.45) is 0. The van der Waals surface area contributed by atoms with Crippen molar-refractivity contribution in [1.29, 1.82) is 0 Å². The second-order valence-electron chi connectivity index (χ2n) is 16.0. The minimum absolute atomic E-state index is 0.0505. The standard InChI is InChI=1S/C60H40N6O6/c1-5-14-41(15-6-1)45-24-32-49(33-25-45)67-55-61-56(68-50-34-26-46(27-35-50)42-16-7-2-8-17-42)64-59(63-55)71-53-22-13-23-54(40-53)72-60-65-57(69-51-36-28-47(29-37-51)43-18-9-3-10-19-43)62-58(66-60)70-52-38-30-48(31-39-52)44-20-11-4-12-21-44/h1-40H. The lowest BCUT2D eigenvalue weighted by atomic mass is 10.1. The number of ether oxygens (including phenoxy) is 6. The van der Waals surface area contributed by atoms with Crippen LogP contribution in [-0.2, 0) is 0 Å². The van der Waals surface area contributed by atoms with Crippen molar-refractivity contribution in [3.8, 4) is 115 Å². The number of benzene rings is 9. The van der Waals surface area contributed by atoms with E-state index >= 15 is 0 Å². The van der Waals surface area contributed by atoms with Crippen molar-refractivity contribution >= 4 is 0 Å². The molecule has 0 aliphatic heterocycles. The molecule has 0 N–H and O–H groups in total. The summed E-state index contributed by atoms with van der Waals surface area (Å²) in [7, 11) is 0. The molecule has 0 fully saturated rings. The molecule has 0 unspecified atom stereocenters. The highest BCUT2D eigenvalue weighted by atomic mass is 16.5. The number of hydrogen-bond acceptors (Lipinski definition) is 12. The van der Waals surface area contributed by atoms with Crippen LogP contribution < -0.4 is 28.4 Å². The largest absolute Gasteiger partial charge is 0.424 e. The van der Waals surface area contributed by atoms with Gasteiger partial charge in [0.1, 0.15) is 34.5 Å². The summed E-state index contributed by atoms with van der Waals surface area (Å²) in [6.45, 7) is 0. The third-order valence-electron chi connectivity index (χ3n) is 11.1. The Kier molecular flexibility index (Phi) is 12.9. The van der Waals surface area contributed by atoms with Crippen LogP contribution in [0.15, 0.2) is 243 Å². The average Bonchev–Trinajstić information content (AvgIpc) is 3.43. The lowest BCUT2D eigenvalue weighted by Crippen LogP contribution is -2.02. The molecule has 11 rings (SSSR count). The first-order chi connectivity index (χ1) is 35.6. The molecule has 2 heterocycles. The third kappa shape index (κ3) is 11.2. The smallest absolute Gasteiger partial charge is 0.331 e. The summed E-state index contributed by atoms with van der Waals surface area (Å²) in [5, 5.41) is 0. The monoisotopic (exact) mass is 940 g/mol. The fourth-order valence-corrected chi connectivity index (χ4v) is 7.53. The van der Waals surface area contributed by atoms with Crippen LogP contribution in [-0.4, -0.2) is 29.9 Å². The van der Waals surface area contributed by atoms with Crippen LogP contribution in [0.4, 0.5) is 0 Å². The lowest BCUT2D eigenvalue weighted by molar-refractivity contribution is 0.357. The molecule has 0 atom stereocenters. The number of rotatable bonds is 16. The van der Waals surface area contributed by atoms with Gasteiger partial charge in [0.2, 0.25) is 0 Å². The number of aromatic nitrogens is 6. The van der Waals surface area contributed by atoms with E-state index in [9.17, 15) is 0 Å². The van der Waals surface area contributed by atoms with Gasteiger partial charge in [0.05, 0.1) is 0 Å². The van der Waals surface area contributed by atoms with Crippen LogP contribution in [0.5, 0.6) is 70.6 Å². The van der Waals surface area contributed by atoms with Crippen molar-refractivity contribution in [3.05, 3.63) is 243 Å². The molecule has 0 aliphatic rings. The molecule has 0 amide bonds. The van der Waals surface area contributed by atoms with E-state index in [2.05, 4.69) is 29.9 Å². The first kappa shape index (κ1) is 44.3. The van der Waals surface area contributed by atoms with E-state index in [4.69, 9.17) is 28.4 Å². The summed E-state index contributed by atoms with van der Waals surface area (Å²) >= 11 is 0. The minimum atomic E-state index is -0.0999. The van der Waals surface area contributed by atoms with Crippen LogP contribution in [0.2, 0.25) is 0 Å². The summed E-state index contributed by atoms with van der Waals surface area (Å²) in [5.74, 6) is 2.62. The van der Waals surface area contributed by atoms with Crippen molar-refractivity contribution in [2.75, 3.05) is 0 Å². The Hall–Kier alpha value is -10.2. The lowest BCUT2D eigenvalue weighted by Gasteiger charge is -2.12. The van der Waals surface area contributed by atoms with Crippen molar-refractivity contribution in [2.45, 2.75) is 0 Å². The van der Waals surface area contributed by atoms with E-state index in [0.29, 0.717) is 34.5 Å². The van der Waals surface area contributed by atoms with E-state index in [0.717, 1.165) is 44.5 Å². The predicted molar refractivity (Wildman–Crippen MR) is 274 cm³/mol. The Bertz CT molecular complexity index is 3100. The van der Waals surface area contributed by atoms with Gasteiger partial charge in [-0.1, -0.05) is 176 Å². The summed E-state index contributed by atoms with van der Waals surface area (Å²) in [6, 6.07) is 77.1. The van der Waals surface area contributed by atoms with Crippen LogP contribution in [0.1, 0.15) is 0 Å². The molecule has 12 heteroatoms. The van der Waals surface area contributed by atoms with Gasteiger partial charge in [-0.15, -0.1) is 29.9 Å². The SMILES string of the molecule is c1ccc(-c2ccc(Oc3nc(Oc4ccc(-c5ccccc5)cc4)nc(Oc4cccc(Oc5nc(Oc6ccc(-c7ccccc7)cc6)nc(Oc6ccc(-c7ccccc7)cc6)n5)c4)n3)cc2)cc1. The van der Waals surface area contributed by atoms with Gasteiger partial charge in [-0.2, -0.15) is 0 Å². The van der Waals surface area contributed by atoms with Gasteiger partial charge in [0, 0.05) is 6.07 Å². The zero-order valence-corrected chi connectivity index (χ0v) is 38.2. The Morgan fingerprint density at radius 3 is 0.583 bits per heavy atom. The second-order valence-corrected chi connectivity index (χ2v) is 16.0. The topological polar surface area (TPSA) is 133 Å². The van der Waals surface area contributed by atoms with Crippen LogP contribution in [0, 0.1) is 0 Å². The van der Waals surface area contributed by atoms with Crippen LogP contribution in [0.25, 0.3) is 44.5 Å². The predicted octanol–water partition coefficient (Wildman–Crippen LogP) is 15.5. The van der Waals surface area contributed by atoms with Crippen molar-refractivity contribution < 1.29 is 28.4 Å². The molecule has 0 saturated heterocycles. The van der Waals surface area contributed by atoms with E-state index in [1.165, 1.54) is 0 Å². The van der Waals surface area contributed by atoms with E-state index in [1.54, 1.807) is 24.3 Å². The molecule has 0 spiro atoms. The molecule has 9 aromatic carbocycles. The molecular formula is C60H40N6O6. The second kappa shape index (κ2) is 21.0. The first-order valence-corrected chi connectivity index (χ1v) is 22.9. The number of nitrogens with zero attached hydrogens (tertiary/aromatic N) is 6. The minimum Gasteiger partial charge on any atom is -0.424 e. The fourth-order valence-electron chi connectivity index (χ4n) is 7.53. The van der Waals surface area contributed by atoms with Gasteiger partial charge in [-0.05, 0) is 105 Å². The normalized spacial score (nSPS) is 10.8. The molecule has 0 bridgehead atoms. The maximum Gasteiger partial charge on any atom is 0.331 e. The summed E-state index contributed by atoms with van der Waals surface area (Å²) in [5.41, 5.74) is 8.42. The van der Waals surface area contributed by atoms with E-state index in [1.807, 2.05) is 218 Å². The molecule has 11 aromatic rings.